The first-order valence-corrected chi connectivity index (χ1v) is 10.5. The van der Waals surface area contributed by atoms with Gasteiger partial charge in [-0.15, -0.1) is 0 Å². The van der Waals surface area contributed by atoms with E-state index in [1.54, 1.807) is 25.1 Å². The third-order valence-electron chi connectivity index (χ3n) is 4.69. The van der Waals surface area contributed by atoms with E-state index in [0.29, 0.717) is 35.0 Å². The quantitative estimate of drug-likeness (QED) is 0.687. The summed E-state index contributed by atoms with van der Waals surface area (Å²) < 4.78 is 21.8. The van der Waals surface area contributed by atoms with E-state index in [1.165, 1.54) is 0 Å². The van der Waals surface area contributed by atoms with Crippen molar-refractivity contribution in [1.82, 2.24) is 10.6 Å². The van der Waals surface area contributed by atoms with Crippen molar-refractivity contribution in [2.24, 2.45) is 5.92 Å². The molecule has 2 atom stereocenters. The number of hydrogen-bond acceptors (Lipinski definition) is 4. The van der Waals surface area contributed by atoms with E-state index in [2.05, 4.69) is 10.6 Å². The van der Waals surface area contributed by atoms with Crippen LogP contribution in [0.25, 0.3) is 0 Å². The van der Waals surface area contributed by atoms with Crippen molar-refractivity contribution >= 4 is 34.6 Å². The average molecular weight is 400 g/mol. The predicted molar refractivity (Wildman–Crippen MR) is 101 cm³/mol. The van der Waals surface area contributed by atoms with Gasteiger partial charge in [0.05, 0.1) is 5.92 Å². The Morgan fingerprint density at radius 2 is 2.04 bits per heavy atom. The van der Waals surface area contributed by atoms with E-state index < -0.39 is 23.0 Å². The van der Waals surface area contributed by atoms with Crippen LogP contribution in [-0.4, -0.2) is 27.2 Å². The Morgan fingerprint density at radius 3 is 2.62 bits per heavy atom. The SMILES string of the molecule is CCNC(=O)NC(=O)C(CC1CCCC1)c1ccc(CS(=O)[O-])c(Cl)c1. The highest BCUT2D eigenvalue weighted by Crippen LogP contribution is 2.35. The van der Waals surface area contributed by atoms with E-state index in [9.17, 15) is 18.4 Å². The lowest BCUT2D eigenvalue weighted by atomic mass is 9.87. The maximum Gasteiger partial charge on any atom is 0.321 e. The summed E-state index contributed by atoms with van der Waals surface area (Å²) in [6, 6.07) is 4.48. The van der Waals surface area contributed by atoms with Crippen LogP contribution in [0.2, 0.25) is 5.02 Å². The summed E-state index contributed by atoms with van der Waals surface area (Å²) in [6.45, 7) is 2.21. The molecule has 26 heavy (non-hydrogen) atoms. The lowest BCUT2D eigenvalue weighted by Crippen LogP contribution is -2.42. The summed E-state index contributed by atoms with van der Waals surface area (Å²) in [5, 5.41) is 5.26. The van der Waals surface area contributed by atoms with Gasteiger partial charge in [-0.2, -0.15) is 0 Å². The monoisotopic (exact) mass is 399 g/mol. The van der Waals surface area contributed by atoms with Gasteiger partial charge in [-0.05, 0) is 36.5 Å². The highest BCUT2D eigenvalue weighted by atomic mass is 35.5. The maximum absolute atomic E-state index is 12.7. The van der Waals surface area contributed by atoms with Crippen LogP contribution in [0.4, 0.5) is 4.79 Å². The minimum Gasteiger partial charge on any atom is -0.772 e. The topological polar surface area (TPSA) is 98.3 Å². The van der Waals surface area contributed by atoms with Gasteiger partial charge < -0.3 is 9.87 Å². The zero-order valence-corrected chi connectivity index (χ0v) is 16.3. The summed E-state index contributed by atoms with van der Waals surface area (Å²) in [5.41, 5.74) is 1.19. The normalized spacial score (nSPS) is 16.9. The molecule has 0 heterocycles. The number of imide groups is 1. The van der Waals surface area contributed by atoms with Gasteiger partial charge in [0.1, 0.15) is 0 Å². The second-order valence-electron chi connectivity index (χ2n) is 6.59. The summed E-state index contributed by atoms with van der Waals surface area (Å²) in [5.74, 6) is -0.589. The molecule has 3 amide bonds. The number of carbonyl (C=O) groups excluding carboxylic acids is 2. The fraction of sp³-hybridized carbons (Fsp3) is 0.556. The number of hydrogen-bond donors (Lipinski definition) is 2. The number of nitrogens with one attached hydrogen (secondary N) is 2. The number of benzene rings is 1. The Kier molecular flexibility index (Phi) is 8.06. The molecule has 6 nitrogen and oxygen atoms in total. The molecule has 8 heteroatoms. The summed E-state index contributed by atoms with van der Waals surface area (Å²) in [4.78, 5) is 24.4. The van der Waals surface area contributed by atoms with Crippen molar-refractivity contribution in [2.45, 2.75) is 50.7 Å². The molecular weight excluding hydrogens is 376 g/mol. The second kappa shape index (κ2) is 10.0. The first-order chi connectivity index (χ1) is 12.4. The first-order valence-electron chi connectivity index (χ1n) is 8.83. The highest BCUT2D eigenvalue weighted by Gasteiger charge is 2.28. The Hall–Kier alpha value is -1.44. The van der Waals surface area contributed by atoms with Crippen molar-refractivity contribution in [3.8, 4) is 0 Å². The smallest absolute Gasteiger partial charge is 0.321 e. The molecule has 1 aromatic carbocycles. The van der Waals surface area contributed by atoms with Crippen LogP contribution in [0.15, 0.2) is 18.2 Å². The fourth-order valence-corrected chi connectivity index (χ4v) is 4.24. The lowest BCUT2D eigenvalue weighted by molar-refractivity contribution is -0.121. The molecule has 1 aromatic rings. The molecule has 2 N–H and O–H groups in total. The van der Waals surface area contributed by atoms with Gasteiger partial charge in [0, 0.05) is 17.3 Å². The number of carbonyl (C=O) groups is 2. The largest absolute Gasteiger partial charge is 0.772 e. The Balaban J connectivity index is 2.21. The second-order valence-corrected chi connectivity index (χ2v) is 7.89. The van der Waals surface area contributed by atoms with E-state index in [4.69, 9.17) is 11.6 Å². The molecule has 0 spiro atoms. The summed E-state index contributed by atoms with van der Waals surface area (Å²) in [7, 11) is 0. The van der Waals surface area contributed by atoms with E-state index in [0.717, 1.165) is 25.7 Å². The van der Waals surface area contributed by atoms with Crippen molar-refractivity contribution in [2.75, 3.05) is 6.54 Å². The van der Waals surface area contributed by atoms with Crippen LogP contribution in [0.3, 0.4) is 0 Å². The maximum atomic E-state index is 12.7. The first kappa shape index (κ1) is 20.9. The lowest BCUT2D eigenvalue weighted by Gasteiger charge is -2.21. The molecule has 0 aromatic heterocycles. The Labute approximate surface area is 161 Å². The van der Waals surface area contributed by atoms with Gasteiger partial charge in [-0.1, -0.05) is 60.5 Å². The van der Waals surface area contributed by atoms with E-state index >= 15 is 0 Å². The zero-order chi connectivity index (χ0) is 19.1. The number of halogens is 1. The van der Waals surface area contributed by atoms with Gasteiger partial charge >= 0.3 is 6.03 Å². The van der Waals surface area contributed by atoms with Crippen molar-refractivity contribution < 1.29 is 18.4 Å². The molecule has 1 aliphatic rings. The molecular formula is C18H24ClN2O4S-. The minimum absolute atomic E-state index is 0.169. The zero-order valence-electron chi connectivity index (χ0n) is 14.8. The fourth-order valence-electron chi connectivity index (χ4n) is 3.40. The average Bonchev–Trinajstić information content (AvgIpc) is 3.07. The number of urea groups is 1. The molecule has 2 unspecified atom stereocenters. The van der Waals surface area contributed by atoms with Gasteiger partial charge in [-0.3, -0.25) is 14.3 Å². The molecule has 0 bridgehead atoms. The van der Waals surface area contributed by atoms with Gasteiger partial charge in [0.2, 0.25) is 5.91 Å². The number of amides is 3. The molecule has 1 saturated carbocycles. The molecule has 144 valence electrons. The van der Waals surface area contributed by atoms with Gasteiger partial charge in [-0.25, -0.2) is 4.79 Å². The van der Waals surface area contributed by atoms with Crippen molar-refractivity contribution in [1.29, 1.82) is 0 Å². The third kappa shape index (κ3) is 6.07. The Morgan fingerprint density at radius 1 is 1.35 bits per heavy atom. The number of rotatable bonds is 7. The third-order valence-corrected chi connectivity index (χ3v) is 5.59. The highest BCUT2D eigenvalue weighted by molar-refractivity contribution is 7.78. The molecule has 0 aliphatic heterocycles. The Bertz CT molecular complexity index is 677. The predicted octanol–water partition coefficient (Wildman–Crippen LogP) is 3.23. The summed E-state index contributed by atoms with van der Waals surface area (Å²) in [6.07, 6.45) is 5.11. The van der Waals surface area contributed by atoms with Crippen LogP contribution in [0.1, 0.15) is 56.1 Å². The molecule has 2 rings (SSSR count). The molecule has 0 radical (unpaired) electrons. The molecule has 1 fully saturated rings. The molecule has 1 aliphatic carbocycles. The van der Waals surface area contributed by atoms with E-state index in [-0.39, 0.29) is 11.7 Å². The van der Waals surface area contributed by atoms with E-state index in [1.807, 2.05) is 0 Å². The standard InChI is InChI=1S/C18H25ClN2O4S/c1-2-20-18(23)21-17(22)15(9-12-5-3-4-6-12)13-7-8-14(11-26(24)25)16(19)10-13/h7-8,10,12,15H,2-6,9,11H2,1H3,(H,24,25)(H2,20,21,22,23)/p-1. The van der Waals surface area contributed by atoms with Gasteiger partial charge in [0.15, 0.2) is 0 Å². The van der Waals surface area contributed by atoms with Crippen LogP contribution >= 0.6 is 11.6 Å². The van der Waals surface area contributed by atoms with Crippen LogP contribution in [0.5, 0.6) is 0 Å². The van der Waals surface area contributed by atoms with Crippen LogP contribution in [0, 0.1) is 5.92 Å². The van der Waals surface area contributed by atoms with Crippen LogP contribution < -0.4 is 10.6 Å². The van der Waals surface area contributed by atoms with Crippen molar-refractivity contribution in [3.63, 3.8) is 0 Å². The van der Waals surface area contributed by atoms with Gasteiger partial charge in [0.25, 0.3) is 0 Å². The summed E-state index contributed by atoms with van der Waals surface area (Å²) >= 11 is 3.98. The minimum atomic E-state index is -2.23. The van der Waals surface area contributed by atoms with Crippen molar-refractivity contribution in [3.05, 3.63) is 34.3 Å². The molecule has 0 saturated heterocycles. The van der Waals surface area contributed by atoms with Crippen LogP contribution in [-0.2, 0) is 21.6 Å².